The molecule has 0 aliphatic carbocycles. The number of nitrogens with two attached hydrogens (primary N) is 1. The summed E-state index contributed by atoms with van der Waals surface area (Å²) < 4.78 is 0. The van der Waals surface area contributed by atoms with Crippen LogP contribution in [0.4, 0.5) is 0 Å². The average Bonchev–Trinajstić information content (AvgIpc) is 2.50. The first-order valence-corrected chi connectivity index (χ1v) is 5.02. The van der Waals surface area contributed by atoms with Gasteiger partial charge >= 0.3 is 0 Å². The van der Waals surface area contributed by atoms with Crippen LogP contribution in [0.1, 0.15) is 19.4 Å². The minimum atomic E-state index is -0.796. The quantitative estimate of drug-likeness (QED) is 0.764. The van der Waals surface area contributed by atoms with Crippen LogP contribution in [0, 0.1) is 0 Å². The molecule has 0 saturated carbocycles. The number of hydrogen-bond donors (Lipinski definition) is 2. The molecule has 0 aromatic carbocycles. The maximum atomic E-state index is 11.3. The summed E-state index contributed by atoms with van der Waals surface area (Å²) in [5.41, 5.74) is 5.93. The van der Waals surface area contributed by atoms with E-state index in [9.17, 15) is 4.79 Å². The number of thiophene rings is 1. The van der Waals surface area contributed by atoms with E-state index in [4.69, 9.17) is 5.73 Å². The van der Waals surface area contributed by atoms with E-state index in [2.05, 4.69) is 5.32 Å². The van der Waals surface area contributed by atoms with E-state index in [0.717, 1.165) is 5.56 Å². The van der Waals surface area contributed by atoms with Crippen LogP contribution >= 0.6 is 11.3 Å². The highest BCUT2D eigenvalue weighted by atomic mass is 32.1. The summed E-state index contributed by atoms with van der Waals surface area (Å²) in [6.45, 7) is 3.94. The van der Waals surface area contributed by atoms with Crippen LogP contribution in [0.3, 0.4) is 0 Å². The fourth-order valence-electron chi connectivity index (χ4n) is 0.803. The van der Waals surface area contributed by atoms with Crippen LogP contribution in [0.15, 0.2) is 16.8 Å². The third kappa shape index (κ3) is 3.16. The van der Waals surface area contributed by atoms with E-state index in [1.165, 1.54) is 0 Å². The van der Waals surface area contributed by atoms with Gasteiger partial charge < -0.3 is 11.1 Å². The van der Waals surface area contributed by atoms with Crippen molar-refractivity contribution in [3.8, 4) is 0 Å². The number of amides is 1. The van der Waals surface area contributed by atoms with Gasteiger partial charge in [0.2, 0.25) is 5.91 Å². The Morgan fingerprint density at radius 1 is 1.69 bits per heavy atom. The third-order valence-corrected chi connectivity index (χ3v) is 2.35. The summed E-state index contributed by atoms with van der Waals surface area (Å²) >= 11 is 1.62. The van der Waals surface area contributed by atoms with Gasteiger partial charge in [-0.25, -0.2) is 0 Å². The summed E-state index contributed by atoms with van der Waals surface area (Å²) in [5, 5.41) is 6.75. The minimum Gasteiger partial charge on any atom is -0.350 e. The second-order valence-electron chi connectivity index (χ2n) is 3.54. The third-order valence-electron chi connectivity index (χ3n) is 1.62. The lowest BCUT2D eigenvalue weighted by Crippen LogP contribution is -2.48. The molecule has 0 bridgehead atoms. The number of nitrogens with one attached hydrogen (secondary N) is 1. The monoisotopic (exact) mass is 198 g/mol. The van der Waals surface area contributed by atoms with Crippen LogP contribution in [0.2, 0.25) is 0 Å². The molecule has 0 saturated heterocycles. The van der Waals surface area contributed by atoms with Gasteiger partial charge in [0, 0.05) is 6.54 Å². The Hall–Kier alpha value is -0.870. The minimum absolute atomic E-state index is 0.126. The lowest BCUT2D eigenvalue weighted by atomic mass is 10.1. The highest BCUT2D eigenvalue weighted by Gasteiger charge is 2.20. The van der Waals surface area contributed by atoms with Gasteiger partial charge in [-0.2, -0.15) is 11.3 Å². The lowest BCUT2D eigenvalue weighted by molar-refractivity contribution is -0.125. The predicted molar refractivity (Wildman–Crippen MR) is 54.4 cm³/mol. The summed E-state index contributed by atoms with van der Waals surface area (Å²) in [4.78, 5) is 11.3. The zero-order chi connectivity index (χ0) is 9.90. The smallest absolute Gasteiger partial charge is 0.239 e. The van der Waals surface area contributed by atoms with Gasteiger partial charge in [0.1, 0.15) is 0 Å². The molecular weight excluding hydrogens is 184 g/mol. The molecule has 0 aliphatic rings. The van der Waals surface area contributed by atoms with Gasteiger partial charge in [-0.3, -0.25) is 4.79 Å². The Morgan fingerprint density at radius 3 is 2.85 bits per heavy atom. The molecule has 0 radical (unpaired) electrons. The highest BCUT2D eigenvalue weighted by Crippen LogP contribution is 2.05. The van der Waals surface area contributed by atoms with Crippen molar-refractivity contribution in [2.45, 2.75) is 25.9 Å². The van der Waals surface area contributed by atoms with E-state index in [0.29, 0.717) is 6.54 Å². The second kappa shape index (κ2) is 3.89. The summed E-state index contributed by atoms with van der Waals surface area (Å²) in [7, 11) is 0. The van der Waals surface area contributed by atoms with Gasteiger partial charge in [-0.05, 0) is 36.2 Å². The van der Waals surface area contributed by atoms with Crippen LogP contribution in [0.25, 0.3) is 0 Å². The average molecular weight is 198 g/mol. The molecule has 0 spiro atoms. The largest absolute Gasteiger partial charge is 0.350 e. The molecule has 1 aromatic rings. The summed E-state index contributed by atoms with van der Waals surface area (Å²) in [6, 6.07) is 1.98. The number of carbonyl (C=O) groups is 1. The topological polar surface area (TPSA) is 55.1 Å². The van der Waals surface area contributed by atoms with Crippen LogP contribution in [-0.4, -0.2) is 11.4 Å². The molecule has 1 rings (SSSR count). The maximum absolute atomic E-state index is 11.3. The number of rotatable bonds is 3. The van der Waals surface area contributed by atoms with E-state index >= 15 is 0 Å². The van der Waals surface area contributed by atoms with Gasteiger partial charge in [-0.1, -0.05) is 0 Å². The summed E-state index contributed by atoms with van der Waals surface area (Å²) in [5.74, 6) is -0.126. The van der Waals surface area contributed by atoms with Crippen molar-refractivity contribution in [1.29, 1.82) is 0 Å². The standard InChI is InChI=1S/C9H14N2OS/c1-9(2,10)8(12)11-5-7-3-4-13-6-7/h3-4,6H,5,10H2,1-2H3,(H,11,12). The number of carbonyl (C=O) groups excluding carboxylic acids is 1. The maximum Gasteiger partial charge on any atom is 0.239 e. The van der Waals surface area contributed by atoms with Crippen molar-refractivity contribution in [2.75, 3.05) is 0 Å². The SMILES string of the molecule is CC(C)(N)C(=O)NCc1ccsc1. The Bertz CT molecular complexity index is 274. The van der Waals surface area contributed by atoms with Gasteiger partial charge in [0.25, 0.3) is 0 Å². The molecule has 3 nitrogen and oxygen atoms in total. The van der Waals surface area contributed by atoms with Crippen molar-refractivity contribution in [3.63, 3.8) is 0 Å². The van der Waals surface area contributed by atoms with E-state index in [1.54, 1.807) is 25.2 Å². The molecule has 72 valence electrons. The van der Waals surface area contributed by atoms with Crippen molar-refractivity contribution in [2.24, 2.45) is 5.73 Å². The number of hydrogen-bond acceptors (Lipinski definition) is 3. The molecule has 4 heteroatoms. The molecule has 0 atom stereocenters. The van der Waals surface area contributed by atoms with Crippen LogP contribution in [-0.2, 0) is 11.3 Å². The molecular formula is C9H14N2OS. The van der Waals surface area contributed by atoms with Gasteiger partial charge in [-0.15, -0.1) is 0 Å². The molecule has 0 unspecified atom stereocenters. The predicted octanol–water partition coefficient (Wildman–Crippen LogP) is 1.10. The Kier molecular flexibility index (Phi) is 3.06. The Balaban J connectivity index is 2.40. The van der Waals surface area contributed by atoms with E-state index < -0.39 is 5.54 Å². The molecule has 1 amide bonds. The van der Waals surface area contributed by atoms with Crippen molar-refractivity contribution >= 4 is 17.2 Å². The van der Waals surface area contributed by atoms with Gasteiger partial charge in [0.15, 0.2) is 0 Å². The van der Waals surface area contributed by atoms with E-state index in [-0.39, 0.29) is 5.91 Å². The van der Waals surface area contributed by atoms with Crippen molar-refractivity contribution in [3.05, 3.63) is 22.4 Å². The fourth-order valence-corrected chi connectivity index (χ4v) is 1.47. The van der Waals surface area contributed by atoms with Crippen LogP contribution < -0.4 is 11.1 Å². The van der Waals surface area contributed by atoms with Gasteiger partial charge in [0.05, 0.1) is 5.54 Å². The van der Waals surface area contributed by atoms with E-state index in [1.807, 2.05) is 16.8 Å². The molecule has 1 heterocycles. The fraction of sp³-hybridized carbons (Fsp3) is 0.444. The highest BCUT2D eigenvalue weighted by molar-refractivity contribution is 7.07. The zero-order valence-electron chi connectivity index (χ0n) is 7.83. The molecule has 3 N–H and O–H groups in total. The zero-order valence-corrected chi connectivity index (χ0v) is 8.65. The van der Waals surface area contributed by atoms with Crippen molar-refractivity contribution < 1.29 is 4.79 Å². The molecule has 0 fully saturated rings. The molecule has 0 aliphatic heterocycles. The van der Waals surface area contributed by atoms with Crippen LogP contribution in [0.5, 0.6) is 0 Å². The Labute approximate surface area is 81.9 Å². The van der Waals surface area contributed by atoms with Crippen molar-refractivity contribution in [1.82, 2.24) is 5.32 Å². The molecule has 1 aromatic heterocycles. The molecule has 13 heavy (non-hydrogen) atoms. The normalized spacial score (nSPS) is 11.3. The lowest BCUT2D eigenvalue weighted by Gasteiger charge is -2.17. The first-order chi connectivity index (χ1) is 6.00. The Morgan fingerprint density at radius 2 is 2.38 bits per heavy atom. The first kappa shape index (κ1) is 10.2. The first-order valence-electron chi connectivity index (χ1n) is 4.08. The summed E-state index contributed by atoms with van der Waals surface area (Å²) in [6.07, 6.45) is 0. The second-order valence-corrected chi connectivity index (χ2v) is 4.32.